The highest BCUT2D eigenvalue weighted by Crippen LogP contribution is 1.97. The Morgan fingerprint density at radius 3 is 2.82 bits per heavy atom. The Morgan fingerprint density at radius 2 is 2.36 bits per heavy atom. The van der Waals surface area contributed by atoms with E-state index in [4.69, 9.17) is 5.73 Å². The minimum absolute atomic E-state index is 0.0986. The van der Waals surface area contributed by atoms with E-state index in [0.29, 0.717) is 0 Å². The van der Waals surface area contributed by atoms with Gasteiger partial charge in [-0.3, -0.25) is 9.78 Å². The van der Waals surface area contributed by atoms with E-state index >= 15 is 0 Å². The zero-order valence-electron chi connectivity index (χ0n) is 5.75. The number of nitrogens with two attached hydrogens (primary N) is 1. The second-order valence-corrected chi connectivity index (χ2v) is 1.99. The molecule has 0 fully saturated rings. The van der Waals surface area contributed by atoms with Gasteiger partial charge >= 0.3 is 0 Å². The maximum absolute atomic E-state index is 12.2. The molecular weight excluding hydrogens is 147 g/mol. The lowest BCUT2D eigenvalue weighted by Crippen LogP contribution is -2.14. The Labute approximate surface area is 63.0 Å². The number of nitrogens with zero attached hydrogens (tertiary/aromatic N) is 1. The first-order valence-corrected chi connectivity index (χ1v) is 3.09. The van der Waals surface area contributed by atoms with Gasteiger partial charge in [0.25, 0.3) is 0 Å². The van der Waals surface area contributed by atoms with Crippen LogP contribution >= 0.6 is 0 Å². The fourth-order valence-electron chi connectivity index (χ4n) is 0.645. The van der Waals surface area contributed by atoms with Crippen molar-refractivity contribution in [3.63, 3.8) is 0 Å². The molecule has 4 heteroatoms. The van der Waals surface area contributed by atoms with Gasteiger partial charge in [-0.05, 0) is 12.1 Å². The summed E-state index contributed by atoms with van der Waals surface area (Å²) in [6, 6.07) is 2.49. The number of rotatable bonds is 2. The number of hydrogen-bond acceptors (Lipinski definition) is 3. The van der Waals surface area contributed by atoms with Crippen LogP contribution < -0.4 is 5.73 Å². The molecule has 0 radical (unpaired) electrons. The molecule has 3 nitrogen and oxygen atoms in total. The monoisotopic (exact) mass is 154 g/mol. The Bertz CT molecular complexity index is 258. The van der Waals surface area contributed by atoms with Gasteiger partial charge in [0, 0.05) is 0 Å². The van der Waals surface area contributed by atoms with Gasteiger partial charge in [0.2, 0.25) is 0 Å². The van der Waals surface area contributed by atoms with Gasteiger partial charge in [-0.1, -0.05) is 0 Å². The average Bonchev–Trinajstić information content (AvgIpc) is 2.05. The SMILES string of the molecule is NCC(=O)c1ccc(F)cn1. The van der Waals surface area contributed by atoms with Crippen LogP contribution in [0.4, 0.5) is 4.39 Å². The van der Waals surface area contributed by atoms with E-state index in [1.54, 1.807) is 0 Å². The largest absolute Gasteiger partial charge is 0.324 e. The highest BCUT2D eigenvalue weighted by atomic mass is 19.1. The van der Waals surface area contributed by atoms with Crippen molar-refractivity contribution in [3.05, 3.63) is 29.8 Å². The fraction of sp³-hybridized carbons (Fsp3) is 0.143. The van der Waals surface area contributed by atoms with E-state index in [9.17, 15) is 9.18 Å². The van der Waals surface area contributed by atoms with E-state index < -0.39 is 5.82 Å². The van der Waals surface area contributed by atoms with Crippen molar-refractivity contribution in [2.24, 2.45) is 5.73 Å². The van der Waals surface area contributed by atoms with Crippen LogP contribution in [0, 0.1) is 5.82 Å². The third-order valence-electron chi connectivity index (χ3n) is 1.20. The maximum Gasteiger partial charge on any atom is 0.194 e. The van der Waals surface area contributed by atoms with Gasteiger partial charge in [-0.15, -0.1) is 0 Å². The molecule has 58 valence electrons. The summed E-state index contributed by atoms with van der Waals surface area (Å²) in [7, 11) is 0. The van der Waals surface area contributed by atoms with Crippen LogP contribution in [0.1, 0.15) is 10.5 Å². The molecule has 0 atom stereocenters. The normalized spacial score (nSPS) is 9.64. The third kappa shape index (κ3) is 1.81. The summed E-state index contributed by atoms with van der Waals surface area (Å²) in [5, 5.41) is 0. The summed E-state index contributed by atoms with van der Waals surface area (Å²) in [4.78, 5) is 14.4. The topological polar surface area (TPSA) is 56.0 Å². The molecule has 0 aromatic carbocycles. The number of carbonyl (C=O) groups excluding carboxylic acids is 1. The predicted octanol–water partition coefficient (Wildman–Crippen LogP) is 0.362. The minimum Gasteiger partial charge on any atom is -0.324 e. The number of carbonyl (C=O) groups is 1. The second kappa shape index (κ2) is 3.21. The molecular formula is C7H7FN2O. The Hall–Kier alpha value is -1.29. The second-order valence-electron chi connectivity index (χ2n) is 1.99. The van der Waals surface area contributed by atoms with Crippen LogP contribution in [0.25, 0.3) is 0 Å². The summed E-state index contributed by atoms with van der Waals surface area (Å²) in [5.41, 5.74) is 5.26. The molecule has 0 spiro atoms. The summed E-state index contributed by atoms with van der Waals surface area (Å²) in [6.07, 6.45) is 0.989. The van der Waals surface area contributed by atoms with Crippen LogP contribution in [-0.2, 0) is 0 Å². The van der Waals surface area contributed by atoms with Crippen molar-refractivity contribution in [2.75, 3.05) is 6.54 Å². The summed E-state index contributed by atoms with van der Waals surface area (Å²) < 4.78 is 12.2. The molecule has 11 heavy (non-hydrogen) atoms. The first kappa shape index (κ1) is 7.81. The highest BCUT2D eigenvalue weighted by molar-refractivity contribution is 5.95. The lowest BCUT2D eigenvalue weighted by molar-refractivity contribution is 0.0996. The Morgan fingerprint density at radius 1 is 1.64 bits per heavy atom. The predicted molar refractivity (Wildman–Crippen MR) is 37.6 cm³/mol. The molecule has 0 amide bonds. The average molecular weight is 154 g/mol. The lowest BCUT2D eigenvalue weighted by atomic mass is 10.2. The quantitative estimate of drug-likeness (QED) is 0.626. The van der Waals surface area contributed by atoms with Gasteiger partial charge in [0.05, 0.1) is 12.7 Å². The van der Waals surface area contributed by atoms with E-state index in [-0.39, 0.29) is 18.0 Å². The van der Waals surface area contributed by atoms with Crippen LogP contribution in [0.5, 0.6) is 0 Å². The lowest BCUT2D eigenvalue weighted by Gasteiger charge is -1.94. The molecule has 0 bridgehead atoms. The molecule has 0 aliphatic carbocycles. The van der Waals surface area contributed by atoms with Gasteiger partial charge in [0.1, 0.15) is 11.5 Å². The van der Waals surface area contributed by atoms with Crippen molar-refractivity contribution in [1.29, 1.82) is 0 Å². The van der Waals surface area contributed by atoms with E-state index in [2.05, 4.69) is 4.98 Å². The molecule has 1 aromatic rings. The number of Topliss-reactive ketones (excluding diaryl/α,β-unsaturated/α-hetero) is 1. The molecule has 1 rings (SSSR count). The van der Waals surface area contributed by atoms with Crippen LogP contribution in [-0.4, -0.2) is 17.3 Å². The van der Waals surface area contributed by atoms with E-state index in [0.717, 1.165) is 6.20 Å². The Kier molecular flexibility index (Phi) is 2.28. The number of pyridine rings is 1. The third-order valence-corrected chi connectivity index (χ3v) is 1.20. The van der Waals surface area contributed by atoms with Gasteiger partial charge in [0.15, 0.2) is 5.78 Å². The van der Waals surface area contributed by atoms with Crippen molar-refractivity contribution < 1.29 is 9.18 Å². The molecule has 0 saturated carbocycles. The molecule has 1 aromatic heterocycles. The molecule has 0 unspecified atom stereocenters. The number of aromatic nitrogens is 1. The summed E-state index contributed by atoms with van der Waals surface area (Å²) in [6.45, 7) is -0.0986. The number of hydrogen-bond donors (Lipinski definition) is 1. The zero-order valence-corrected chi connectivity index (χ0v) is 5.75. The van der Waals surface area contributed by atoms with Crippen molar-refractivity contribution in [1.82, 2.24) is 4.98 Å². The zero-order chi connectivity index (χ0) is 8.27. The maximum atomic E-state index is 12.2. The highest BCUT2D eigenvalue weighted by Gasteiger charge is 2.03. The number of halogens is 1. The van der Waals surface area contributed by atoms with Crippen molar-refractivity contribution in [3.8, 4) is 0 Å². The molecule has 0 saturated heterocycles. The van der Waals surface area contributed by atoms with Crippen LogP contribution in [0.15, 0.2) is 18.3 Å². The molecule has 0 aliphatic rings. The van der Waals surface area contributed by atoms with Gasteiger partial charge in [-0.2, -0.15) is 0 Å². The fourth-order valence-corrected chi connectivity index (χ4v) is 0.645. The summed E-state index contributed by atoms with van der Waals surface area (Å²) in [5.74, 6) is -0.747. The van der Waals surface area contributed by atoms with Crippen LogP contribution in [0.2, 0.25) is 0 Å². The standard InChI is InChI=1S/C7H7FN2O/c8-5-1-2-6(10-4-5)7(11)3-9/h1-2,4H,3,9H2. The van der Waals surface area contributed by atoms with Crippen molar-refractivity contribution in [2.45, 2.75) is 0 Å². The van der Waals surface area contributed by atoms with E-state index in [1.165, 1.54) is 12.1 Å². The number of ketones is 1. The van der Waals surface area contributed by atoms with Gasteiger partial charge < -0.3 is 5.73 Å². The smallest absolute Gasteiger partial charge is 0.194 e. The van der Waals surface area contributed by atoms with E-state index in [1.807, 2.05) is 0 Å². The first-order valence-electron chi connectivity index (χ1n) is 3.09. The molecule has 1 heterocycles. The first-order chi connectivity index (χ1) is 5.24. The molecule has 0 aliphatic heterocycles. The van der Waals surface area contributed by atoms with Crippen molar-refractivity contribution >= 4 is 5.78 Å². The Balaban J connectivity index is 2.90. The molecule has 2 N–H and O–H groups in total. The summed E-state index contributed by atoms with van der Waals surface area (Å²) >= 11 is 0. The van der Waals surface area contributed by atoms with Crippen LogP contribution in [0.3, 0.4) is 0 Å². The minimum atomic E-state index is -0.460. The van der Waals surface area contributed by atoms with Gasteiger partial charge in [-0.25, -0.2) is 4.39 Å².